The summed E-state index contributed by atoms with van der Waals surface area (Å²) in [5.41, 5.74) is 0. The van der Waals surface area contributed by atoms with Gasteiger partial charge in [0, 0.05) is 0 Å². The number of carbonyl (C=O) groups is 2. The van der Waals surface area contributed by atoms with Gasteiger partial charge in [0.25, 0.3) is 11.8 Å². The van der Waals surface area contributed by atoms with Gasteiger partial charge in [-0.1, -0.05) is 6.92 Å². The predicted molar refractivity (Wildman–Crippen MR) is 42.4 cm³/mol. The Labute approximate surface area is 75.9 Å². The third-order valence-corrected chi connectivity index (χ3v) is 1.84. The lowest BCUT2D eigenvalue weighted by Gasteiger charge is -2.27. The molecule has 1 atom stereocenters. The molecule has 0 saturated carbocycles. The number of ether oxygens (including phenoxy) is 1. The van der Waals surface area contributed by atoms with E-state index in [9.17, 15) is 9.59 Å². The average molecular weight is 182 g/mol. The third-order valence-electron chi connectivity index (χ3n) is 1.84. The zero-order valence-electron chi connectivity index (χ0n) is 7.32. The van der Waals surface area contributed by atoms with Crippen molar-refractivity contribution in [1.82, 2.24) is 4.90 Å². The van der Waals surface area contributed by atoms with E-state index in [1.54, 1.807) is 6.92 Å². The molecule has 5 heteroatoms. The molecule has 0 N–H and O–H groups in total. The molecule has 70 valence electrons. The summed E-state index contributed by atoms with van der Waals surface area (Å²) in [7, 11) is 0. The Kier molecular flexibility index (Phi) is 2.98. The predicted octanol–water partition coefficient (Wildman–Crippen LogP) is -0.326. The zero-order valence-corrected chi connectivity index (χ0v) is 7.32. The Morgan fingerprint density at radius 3 is 2.46 bits per heavy atom. The molecule has 0 radical (unpaired) electrons. The van der Waals surface area contributed by atoms with Crippen molar-refractivity contribution in [2.75, 3.05) is 13.2 Å². The molecule has 13 heavy (non-hydrogen) atoms. The quantitative estimate of drug-likeness (QED) is 0.548. The standard InChI is InChI=1S/C8H10N2O3/c1-2-6(3-9)10-7(11)4-13-5-8(10)12/h6H,2,4-5H2,1H3. The summed E-state index contributed by atoms with van der Waals surface area (Å²) < 4.78 is 4.71. The number of rotatable bonds is 2. The topological polar surface area (TPSA) is 70.4 Å². The lowest BCUT2D eigenvalue weighted by atomic mass is 10.2. The van der Waals surface area contributed by atoms with Gasteiger partial charge in [-0.05, 0) is 6.42 Å². The molecule has 1 unspecified atom stereocenters. The molecule has 0 bridgehead atoms. The van der Waals surface area contributed by atoms with E-state index >= 15 is 0 Å². The molecule has 0 aliphatic carbocycles. The maximum atomic E-state index is 11.2. The van der Waals surface area contributed by atoms with Crippen molar-refractivity contribution in [3.8, 4) is 6.07 Å². The van der Waals surface area contributed by atoms with Crippen molar-refractivity contribution in [1.29, 1.82) is 5.26 Å². The molecule has 1 aliphatic heterocycles. The van der Waals surface area contributed by atoms with Crippen LogP contribution < -0.4 is 0 Å². The molecule has 1 rings (SSSR count). The van der Waals surface area contributed by atoms with Crippen molar-refractivity contribution in [3.05, 3.63) is 0 Å². The fourth-order valence-corrected chi connectivity index (χ4v) is 1.18. The molecule has 0 aromatic carbocycles. The summed E-state index contributed by atoms with van der Waals surface area (Å²) in [6.45, 7) is 1.54. The van der Waals surface area contributed by atoms with Gasteiger partial charge in [0.2, 0.25) is 0 Å². The monoisotopic (exact) mass is 182 g/mol. The zero-order chi connectivity index (χ0) is 9.84. The van der Waals surface area contributed by atoms with Gasteiger partial charge in [0.1, 0.15) is 19.3 Å². The van der Waals surface area contributed by atoms with E-state index in [0.29, 0.717) is 6.42 Å². The first kappa shape index (κ1) is 9.68. The van der Waals surface area contributed by atoms with Crippen LogP contribution in [0.3, 0.4) is 0 Å². The normalized spacial score (nSPS) is 19.8. The molecule has 1 aliphatic rings. The minimum atomic E-state index is -0.649. The van der Waals surface area contributed by atoms with Crippen molar-refractivity contribution >= 4 is 11.8 Å². The van der Waals surface area contributed by atoms with Gasteiger partial charge in [-0.2, -0.15) is 5.26 Å². The molecule has 2 amide bonds. The third kappa shape index (κ3) is 1.84. The second kappa shape index (κ2) is 4.01. The second-order valence-electron chi connectivity index (χ2n) is 2.70. The van der Waals surface area contributed by atoms with Crippen LogP contribution in [0.5, 0.6) is 0 Å². The smallest absolute Gasteiger partial charge is 0.256 e. The largest absolute Gasteiger partial charge is 0.362 e. The van der Waals surface area contributed by atoms with E-state index in [4.69, 9.17) is 10.00 Å². The fourth-order valence-electron chi connectivity index (χ4n) is 1.18. The van der Waals surface area contributed by atoms with Crippen molar-refractivity contribution in [2.45, 2.75) is 19.4 Å². The Balaban J connectivity index is 2.80. The fraction of sp³-hybridized carbons (Fsp3) is 0.625. The lowest BCUT2D eigenvalue weighted by molar-refractivity contribution is -0.160. The second-order valence-corrected chi connectivity index (χ2v) is 2.70. The molecule has 5 nitrogen and oxygen atoms in total. The molecular weight excluding hydrogens is 172 g/mol. The first-order valence-electron chi connectivity index (χ1n) is 4.03. The van der Waals surface area contributed by atoms with E-state index in [1.165, 1.54) is 0 Å². The highest BCUT2D eigenvalue weighted by atomic mass is 16.5. The first-order valence-corrected chi connectivity index (χ1v) is 4.03. The van der Waals surface area contributed by atoms with Gasteiger partial charge in [0.15, 0.2) is 0 Å². The van der Waals surface area contributed by atoms with E-state index in [1.807, 2.05) is 6.07 Å². The maximum Gasteiger partial charge on any atom is 0.256 e. The summed E-state index contributed by atoms with van der Waals surface area (Å²) in [6, 6.07) is 1.26. The van der Waals surface area contributed by atoms with Crippen LogP contribution in [0.15, 0.2) is 0 Å². The van der Waals surface area contributed by atoms with Gasteiger partial charge in [-0.25, -0.2) is 0 Å². The number of carbonyl (C=O) groups excluding carboxylic acids is 2. The molecule has 1 heterocycles. The number of amides is 2. The number of hydrogen-bond acceptors (Lipinski definition) is 4. The maximum absolute atomic E-state index is 11.2. The van der Waals surface area contributed by atoms with E-state index in [-0.39, 0.29) is 13.2 Å². The van der Waals surface area contributed by atoms with Crippen LogP contribution in [-0.2, 0) is 14.3 Å². The lowest BCUT2D eigenvalue weighted by Crippen LogP contribution is -2.50. The highest BCUT2D eigenvalue weighted by Crippen LogP contribution is 2.08. The van der Waals surface area contributed by atoms with Gasteiger partial charge in [0.05, 0.1) is 6.07 Å². The van der Waals surface area contributed by atoms with Crippen LogP contribution in [0.2, 0.25) is 0 Å². The molecule has 0 aromatic heterocycles. The molecular formula is C8H10N2O3. The first-order chi connectivity index (χ1) is 6.20. The van der Waals surface area contributed by atoms with E-state index < -0.39 is 17.9 Å². The minimum Gasteiger partial charge on any atom is -0.362 e. The Bertz CT molecular complexity index is 253. The highest BCUT2D eigenvalue weighted by molar-refractivity contribution is 5.98. The Morgan fingerprint density at radius 2 is 2.08 bits per heavy atom. The number of nitriles is 1. The number of morpholine rings is 1. The average Bonchev–Trinajstić information content (AvgIpc) is 2.11. The van der Waals surface area contributed by atoms with Crippen LogP contribution in [0.25, 0.3) is 0 Å². The van der Waals surface area contributed by atoms with Gasteiger partial charge in [-0.3, -0.25) is 14.5 Å². The van der Waals surface area contributed by atoms with Gasteiger partial charge in [-0.15, -0.1) is 0 Å². The summed E-state index contributed by atoms with van der Waals surface area (Å²) in [5, 5.41) is 8.68. The van der Waals surface area contributed by atoms with E-state index in [2.05, 4.69) is 0 Å². The van der Waals surface area contributed by atoms with E-state index in [0.717, 1.165) is 4.90 Å². The number of hydrogen-bond donors (Lipinski definition) is 0. The summed E-state index contributed by atoms with van der Waals surface area (Å²) in [6.07, 6.45) is 0.452. The van der Waals surface area contributed by atoms with Gasteiger partial charge >= 0.3 is 0 Å². The molecule has 1 saturated heterocycles. The minimum absolute atomic E-state index is 0.107. The number of imide groups is 1. The molecule has 0 aromatic rings. The summed E-state index contributed by atoms with van der Waals surface area (Å²) in [5.74, 6) is -0.852. The van der Waals surface area contributed by atoms with Crippen molar-refractivity contribution in [2.24, 2.45) is 0 Å². The molecule has 0 spiro atoms. The molecule has 1 fully saturated rings. The Morgan fingerprint density at radius 1 is 1.54 bits per heavy atom. The highest BCUT2D eigenvalue weighted by Gasteiger charge is 2.32. The van der Waals surface area contributed by atoms with Crippen LogP contribution in [-0.4, -0.2) is 36.0 Å². The van der Waals surface area contributed by atoms with Crippen LogP contribution >= 0.6 is 0 Å². The van der Waals surface area contributed by atoms with Crippen LogP contribution in [0, 0.1) is 11.3 Å². The summed E-state index contributed by atoms with van der Waals surface area (Å²) in [4.78, 5) is 23.4. The SMILES string of the molecule is CCC(C#N)N1C(=O)COCC1=O. The van der Waals surface area contributed by atoms with Crippen LogP contribution in [0.4, 0.5) is 0 Å². The van der Waals surface area contributed by atoms with Crippen LogP contribution in [0.1, 0.15) is 13.3 Å². The van der Waals surface area contributed by atoms with Crippen molar-refractivity contribution < 1.29 is 14.3 Å². The van der Waals surface area contributed by atoms with Crippen molar-refractivity contribution in [3.63, 3.8) is 0 Å². The summed E-state index contributed by atoms with van der Waals surface area (Å²) >= 11 is 0. The number of nitrogens with zero attached hydrogens (tertiary/aromatic N) is 2. The van der Waals surface area contributed by atoms with Gasteiger partial charge < -0.3 is 4.74 Å². The Hall–Kier alpha value is -1.41.